The van der Waals surface area contributed by atoms with Crippen LogP contribution in [0, 0.1) is 0 Å². The lowest BCUT2D eigenvalue weighted by Crippen LogP contribution is -1.95. The SMILES string of the molecule is COc1ccnc(N)n1.Cl. The minimum Gasteiger partial charge on any atom is -0.481 e. The van der Waals surface area contributed by atoms with Gasteiger partial charge in [-0.2, -0.15) is 4.98 Å². The van der Waals surface area contributed by atoms with Gasteiger partial charge in [0, 0.05) is 12.3 Å². The fraction of sp³-hybridized carbons (Fsp3) is 0.200. The summed E-state index contributed by atoms with van der Waals surface area (Å²) in [6, 6.07) is 1.64. The number of nitrogen functional groups attached to an aromatic ring is 1. The first-order valence-corrected chi connectivity index (χ1v) is 2.45. The second-order valence-electron chi connectivity index (χ2n) is 1.46. The number of halogens is 1. The van der Waals surface area contributed by atoms with Crippen LogP contribution in [0.1, 0.15) is 0 Å². The normalized spacial score (nSPS) is 8.10. The molecule has 0 spiro atoms. The topological polar surface area (TPSA) is 61.0 Å². The Morgan fingerprint density at radius 2 is 2.30 bits per heavy atom. The lowest BCUT2D eigenvalue weighted by molar-refractivity contribution is 0.397. The number of anilines is 1. The quantitative estimate of drug-likeness (QED) is 0.651. The van der Waals surface area contributed by atoms with Crippen LogP contribution in [0.4, 0.5) is 5.95 Å². The van der Waals surface area contributed by atoms with Crippen molar-refractivity contribution in [2.45, 2.75) is 0 Å². The fourth-order valence-corrected chi connectivity index (χ4v) is 0.470. The van der Waals surface area contributed by atoms with Crippen LogP contribution >= 0.6 is 12.4 Å². The maximum absolute atomic E-state index is 5.23. The first-order chi connectivity index (χ1) is 4.33. The van der Waals surface area contributed by atoms with Crippen molar-refractivity contribution in [2.24, 2.45) is 0 Å². The molecule has 1 aromatic heterocycles. The lowest BCUT2D eigenvalue weighted by Gasteiger charge is -1.95. The highest BCUT2D eigenvalue weighted by molar-refractivity contribution is 5.85. The smallest absolute Gasteiger partial charge is 0.223 e. The van der Waals surface area contributed by atoms with Gasteiger partial charge in [0.15, 0.2) is 0 Å². The first kappa shape index (κ1) is 8.97. The molecular weight excluding hydrogens is 154 g/mol. The van der Waals surface area contributed by atoms with Gasteiger partial charge < -0.3 is 10.5 Å². The maximum atomic E-state index is 5.23. The van der Waals surface area contributed by atoms with Gasteiger partial charge in [0.2, 0.25) is 11.8 Å². The fourth-order valence-electron chi connectivity index (χ4n) is 0.470. The van der Waals surface area contributed by atoms with E-state index in [1.807, 2.05) is 0 Å². The minimum absolute atomic E-state index is 0. The van der Waals surface area contributed by atoms with E-state index in [1.54, 1.807) is 12.3 Å². The van der Waals surface area contributed by atoms with Crippen LogP contribution in [-0.2, 0) is 0 Å². The summed E-state index contributed by atoms with van der Waals surface area (Å²) in [5.74, 6) is 0.719. The van der Waals surface area contributed by atoms with Crippen molar-refractivity contribution >= 4 is 18.4 Å². The van der Waals surface area contributed by atoms with E-state index in [-0.39, 0.29) is 18.4 Å². The second kappa shape index (κ2) is 3.90. The molecule has 5 heteroatoms. The average Bonchev–Trinajstić information content (AvgIpc) is 1.88. The number of nitrogens with zero attached hydrogens (tertiary/aromatic N) is 2. The van der Waals surface area contributed by atoms with Crippen molar-refractivity contribution in [3.63, 3.8) is 0 Å². The third-order valence-corrected chi connectivity index (χ3v) is 0.858. The van der Waals surface area contributed by atoms with Gasteiger partial charge in [-0.25, -0.2) is 4.98 Å². The molecule has 1 heterocycles. The van der Waals surface area contributed by atoms with Crippen LogP contribution in [0.2, 0.25) is 0 Å². The van der Waals surface area contributed by atoms with Gasteiger partial charge in [0.05, 0.1) is 7.11 Å². The van der Waals surface area contributed by atoms with Gasteiger partial charge in [-0.15, -0.1) is 12.4 Å². The summed E-state index contributed by atoms with van der Waals surface area (Å²) in [5, 5.41) is 0. The maximum Gasteiger partial charge on any atom is 0.223 e. The summed E-state index contributed by atoms with van der Waals surface area (Å²) in [6.45, 7) is 0. The first-order valence-electron chi connectivity index (χ1n) is 2.45. The number of ether oxygens (including phenoxy) is 1. The predicted octanol–water partition coefficient (Wildman–Crippen LogP) is 0.489. The Morgan fingerprint density at radius 1 is 1.60 bits per heavy atom. The van der Waals surface area contributed by atoms with Gasteiger partial charge in [-0.1, -0.05) is 0 Å². The van der Waals surface area contributed by atoms with Crippen molar-refractivity contribution in [3.8, 4) is 5.88 Å². The van der Waals surface area contributed by atoms with Gasteiger partial charge >= 0.3 is 0 Å². The number of methoxy groups -OCH3 is 1. The van der Waals surface area contributed by atoms with E-state index in [9.17, 15) is 0 Å². The molecule has 0 radical (unpaired) electrons. The van der Waals surface area contributed by atoms with Gasteiger partial charge in [0.25, 0.3) is 0 Å². The summed E-state index contributed by atoms with van der Waals surface area (Å²) in [4.78, 5) is 7.41. The van der Waals surface area contributed by atoms with E-state index in [0.717, 1.165) is 0 Å². The Morgan fingerprint density at radius 3 is 2.70 bits per heavy atom. The van der Waals surface area contributed by atoms with Crippen molar-refractivity contribution in [1.82, 2.24) is 9.97 Å². The summed E-state index contributed by atoms with van der Waals surface area (Å²) >= 11 is 0. The third kappa shape index (κ3) is 2.06. The molecule has 1 aromatic rings. The molecule has 0 amide bonds. The minimum atomic E-state index is 0. The molecule has 1 rings (SSSR count). The average molecular weight is 162 g/mol. The highest BCUT2D eigenvalue weighted by Crippen LogP contribution is 2.02. The molecule has 56 valence electrons. The molecule has 0 saturated heterocycles. The molecular formula is C5H8ClN3O. The molecule has 10 heavy (non-hydrogen) atoms. The van der Waals surface area contributed by atoms with E-state index in [4.69, 9.17) is 10.5 Å². The van der Waals surface area contributed by atoms with E-state index in [0.29, 0.717) is 5.88 Å². The zero-order valence-electron chi connectivity index (χ0n) is 5.44. The summed E-state index contributed by atoms with van der Waals surface area (Å²) in [5.41, 5.74) is 5.23. The molecule has 0 aromatic carbocycles. The molecule has 0 aliphatic carbocycles. The van der Waals surface area contributed by atoms with Crippen molar-refractivity contribution in [2.75, 3.05) is 12.8 Å². The molecule has 0 bridgehead atoms. The van der Waals surface area contributed by atoms with Crippen LogP contribution in [0.3, 0.4) is 0 Å². The summed E-state index contributed by atoms with van der Waals surface area (Å²) < 4.78 is 4.76. The Kier molecular flexibility index (Phi) is 3.49. The standard InChI is InChI=1S/C5H7N3O.ClH/c1-9-4-2-3-7-5(6)8-4;/h2-3H,1H3,(H2,6,7,8);1H. The molecule has 0 saturated carbocycles. The van der Waals surface area contributed by atoms with Crippen molar-refractivity contribution < 1.29 is 4.74 Å². The molecule has 0 atom stereocenters. The molecule has 0 aliphatic rings. The van der Waals surface area contributed by atoms with Gasteiger partial charge in [0.1, 0.15) is 0 Å². The van der Waals surface area contributed by atoms with E-state index in [2.05, 4.69) is 9.97 Å². The largest absolute Gasteiger partial charge is 0.481 e. The number of hydrogen-bond acceptors (Lipinski definition) is 4. The lowest BCUT2D eigenvalue weighted by atomic mass is 10.6. The molecule has 0 aliphatic heterocycles. The number of hydrogen-bond donors (Lipinski definition) is 1. The third-order valence-electron chi connectivity index (χ3n) is 0.858. The van der Waals surface area contributed by atoms with Crippen LogP contribution in [-0.4, -0.2) is 17.1 Å². The predicted molar refractivity (Wildman–Crippen MR) is 40.2 cm³/mol. The Hall–Kier alpha value is -1.03. The van der Waals surface area contributed by atoms with E-state index < -0.39 is 0 Å². The molecule has 4 nitrogen and oxygen atoms in total. The Labute approximate surface area is 64.8 Å². The van der Waals surface area contributed by atoms with Gasteiger partial charge in [-0.05, 0) is 0 Å². The van der Waals surface area contributed by atoms with Crippen molar-refractivity contribution in [1.29, 1.82) is 0 Å². The summed E-state index contributed by atoms with van der Waals surface area (Å²) in [7, 11) is 1.53. The Balaban J connectivity index is 0.000000810. The zero-order chi connectivity index (χ0) is 6.69. The highest BCUT2D eigenvalue weighted by Gasteiger charge is 1.90. The van der Waals surface area contributed by atoms with Crippen LogP contribution < -0.4 is 10.5 Å². The Bertz CT molecular complexity index is 206. The highest BCUT2D eigenvalue weighted by atomic mass is 35.5. The zero-order valence-corrected chi connectivity index (χ0v) is 6.26. The second-order valence-corrected chi connectivity index (χ2v) is 1.46. The number of rotatable bonds is 1. The van der Waals surface area contributed by atoms with Crippen LogP contribution in [0.15, 0.2) is 12.3 Å². The van der Waals surface area contributed by atoms with Crippen LogP contribution in [0.25, 0.3) is 0 Å². The van der Waals surface area contributed by atoms with Crippen molar-refractivity contribution in [3.05, 3.63) is 12.3 Å². The molecule has 2 N–H and O–H groups in total. The molecule has 0 fully saturated rings. The van der Waals surface area contributed by atoms with Gasteiger partial charge in [-0.3, -0.25) is 0 Å². The monoisotopic (exact) mass is 161 g/mol. The van der Waals surface area contributed by atoms with E-state index in [1.165, 1.54) is 7.11 Å². The number of nitrogens with two attached hydrogens (primary N) is 1. The summed E-state index contributed by atoms with van der Waals surface area (Å²) in [6.07, 6.45) is 1.54. The van der Waals surface area contributed by atoms with E-state index >= 15 is 0 Å². The number of aromatic nitrogens is 2. The molecule has 0 unspecified atom stereocenters. The van der Waals surface area contributed by atoms with Crippen LogP contribution in [0.5, 0.6) is 5.88 Å².